The number of benzene rings is 1. The van der Waals surface area contributed by atoms with Gasteiger partial charge in [0.25, 0.3) is 0 Å². The van der Waals surface area contributed by atoms with E-state index in [9.17, 15) is 35.9 Å². The molecule has 3 aromatic rings. The van der Waals surface area contributed by atoms with E-state index in [1.807, 2.05) is 13.8 Å². The fourth-order valence-corrected chi connectivity index (χ4v) is 5.85. The molecule has 1 amide bonds. The van der Waals surface area contributed by atoms with Crippen LogP contribution in [-0.4, -0.2) is 66.5 Å². The lowest BCUT2D eigenvalue weighted by Gasteiger charge is -2.47. The minimum atomic E-state index is -5.01. The molecule has 0 spiro atoms. The Morgan fingerprint density at radius 1 is 0.936 bits per heavy atom. The third-order valence-corrected chi connectivity index (χ3v) is 8.16. The normalized spacial score (nSPS) is 18.7. The number of ether oxygens (including phenoxy) is 1. The van der Waals surface area contributed by atoms with Gasteiger partial charge in [-0.2, -0.15) is 31.4 Å². The summed E-state index contributed by atoms with van der Waals surface area (Å²) in [5, 5.41) is 13.0. The first-order chi connectivity index (χ1) is 22.1. The van der Waals surface area contributed by atoms with Crippen molar-refractivity contribution in [3.05, 3.63) is 59.7 Å². The van der Waals surface area contributed by atoms with Crippen molar-refractivity contribution in [2.45, 2.75) is 89.4 Å². The minimum Gasteiger partial charge on any atom is -0.481 e. The van der Waals surface area contributed by atoms with E-state index in [2.05, 4.69) is 15.1 Å². The summed E-state index contributed by atoms with van der Waals surface area (Å²) in [4.78, 5) is 36.2. The maximum atomic E-state index is 13.7. The van der Waals surface area contributed by atoms with Gasteiger partial charge in [0.15, 0.2) is 0 Å². The zero-order valence-corrected chi connectivity index (χ0v) is 26.1. The van der Waals surface area contributed by atoms with Crippen LogP contribution in [0.4, 0.5) is 37.1 Å². The Morgan fingerprint density at radius 3 is 1.98 bits per heavy atom. The van der Waals surface area contributed by atoms with Crippen molar-refractivity contribution >= 4 is 18.0 Å². The van der Waals surface area contributed by atoms with Gasteiger partial charge in [-0.15, -0.1) is 0 Å². The lowest BCUT2D eigenvalue weighted by atomic mass is 9.87. The van der Waals surface area contributed by atoms with Crippen LogP contribution in [0.1, 0.15) is 69.1 Å². The zero-order valence-electron chi connectivity index (χ0n) is 26.1. The number of hydrogen-bond acceptors (Lipinski definition) is 7. The first-order valence-corrected chi connectivity index (χ1v) is 15.1. The van der Waals surface area contributed by atoms with Crippen LogP contribution < -0.4 is 4.90 Å². The molecular formula is C31H36F6N6O4. The Balaban J connectivity index is 1.70. The average molecular weight is 671 g/mol. The number of amides is 1. The monoisotopic (exact) mass is 670 g/mol. The number of alkyl halides is 6. The second kappa shape index (κ2) is 14.6. The molecule has 2 unspecified atom stereocenters. The number of carbonyl (C=O) groups is 2. The molecule has 1 aliphatic rings. The second-order valence-electron chi connectivity index (χ2n) is 11.5. The maximum Gasteiger partial charge on any atom is 0.416 e. The quantitative estimate of drug-likeness (QED) is 0.172. The van der Waals surface area contributed by atoms with E-state index in [-0.39, 0.29) is 43.6 Å². The second-order valence-corrected chi connectivity index (χ2v) is 11.5. The molecule has 256 valence electrons. The fraction of sp³-hybridized carbons (Fsp3) is 0.516. The summed E-state index contributed by atoms with van der Waals surface area (Å²) in [6.07, 6.45) is -2.73. The SMILES string of the molecule is CCC1CC(N(Cc2cc(C(F)(F)F)cc(C(F)(F)F)c2)c2ncc(-c3cnn(C)c3)cn2)CC(CC)N1C(=O)OCCCC(=O)O. The molecule has 0 saturated carbocycles. The maximum absolute atomic E-state index is 13.7. The molecule has 3 heterocycles. The third-order valence-electron chi connectivity index (χ3n) is 8.16. The Labute approximate surface area is 267 Å². The van der Waals surface area contributed by atoms with Crippen molar-refractivity contribution in [1.82, 2.24) is 24.6 Å². The van der Waals surface area contributed by atoms with Crippen LogP contribution in [-0.2, 0) is 35.5 Å². The van der Waals surface area contributed by atoms with Crippen molar-refractivity contribution < 1.29 is 45.8 Å². The average Bonchev–Trinajstić information content (AvgIpc) is 3.46. The number of rotatable bonds is 11. The van der Waals surface area contributed by atoms with Gasteiger partial charge in [-0.1, -0.05) is 13.8 Å². The van der Waals surface area contributed by atoms with E-state index in [0.717, 1.165) is 0 Å². The number of carboxylic acids is 1. The Hall–Kier alpha value is -4.37. The van der Waals surface area contributed by atoms with Crippen LogP contribution in [0.15, 0.2) is 43.0 Å². The number of nitrogens with zero attached hydrogens (tertiary/aromatic N) is 6. The van der Waals surface area contributed by atoms with E-state index >= 15 is 0 Å². The predicted molar refractivity (Wildman–Crippen MR) is 158 cm³/mol. The molecule has 47 heavy (non-hydrogen) atoms. The molecular weight excluding hydrogens is 634 g/mol. The molecule has 16 heteroatoms. The molecule has 2 atom stereocenters. The van der Waals surface area contributed by atoms with Crippen LogP contribution in [0.25, 0.3) is 11.1 Å². The highest BCUT2D eigenvalue weighted by atomic mass is 19.4. The number of carbonyl (C=O) groups excluding carboxylic acids is 1. The molecule has 4 rings (SSSR count). The topological polar surface area (TPSA) is 114 Å². The van der Waals surface area contributed by atoms with Gasteiger partial charge in [-0.05, 0) is 55.9 Å². The van der Waals surface area contributed by atoms with E-state index < -0.39 is 53.7 Å². The van der Waals surface area contributed by atoms with Gasteiger partial charge in [0.1, 0.15) is 0 Å². The molecule has 0 bridgehead atoms. The van der Waals surface area contributed by atoms with Crippen LogP contribution in [0.2, 0.25) is 0 Å². The number of aromatic nitrogens is 4. The van der Waals surface area contributed by atoms with Crippen LogP contribution >= 0.6 is 0 Å². The van der Waals surface area contributed by atoms with Crippen molar-refractivity contribution in [2.24, 2.45) is 7.05 Å². The summed E-state index contributed by atoms with van der Waals surface area (Å²) in [5.74, 6) is -0.915. The molecule has 1 aromatic carbocycles. The van der Waals surface area contributed by atoms with Crippen molar-refractivity contribution in [2.75, 3.05) is 11.5 Å². The summed E-state index contributed by atoms with van der Waals surface area (Å²) >= 11 is 0. The first kappa shape index (κ1) is 35.5. The number of anilines is 1. The van der Waals surface area contributed by atoms with Gasteiger partial charge in [-0.25, -0.2) is 14.8 Å². The lowest BCUT2D eigenvalue weighted by Crippen LogP contribution is -2.57. The largest absolute Gasteiger partial charge is 0.481 e. The van der Waals surface area contributed by atoms with Gasteiger partial charge >= 0.3 is 24.4 Å². The smallest absolute Gasteiger partial charge is 0.416 e. The van der Waals surface area contributed by atoms with Crippen molar-refractivity contribution in [3.8, 4) is 11.1 Å². The number of halogens is 6. The Bertz CT molecular complexity index is 1480. The minimum absolute atomic E-state index is 0.0851. The van der Waals surface area contributed by atoms with Crippen LogP contribution in [0.3, 0.4) is 0 Å². The summed E-state index contributed by atoms with van der Waals surface area (Å²) in [6.45, 7) is 3.27. The zero-order chi connectivity index (χ0) is 34.5. The van der Waals surface area contributed by atoms with Gasteiger partial charge in [0.2, 0.25) is 5.95 Å². The highest BCUT2D eigenvalue weighted by molar-refractivity contribution is 5.69. The number of hydrogen-bond donors (Lipinski definition) is 1. The molecule has 1 fully saturated rings. The standard InChI is InChI=1S/C31H36F6N6O4/c1-4-24-12-26(13-25(5-2)43(24)29(46)47-8-6-7-27(44)45)42(28-38-14-20(15-39-28)21-16-40-41(3)18-21)17-19-9-22(30(32,33)34)11-23(10-19)31(35,36)37/h9-11,14-16,18,24-26H,4-8,12-13,17H2,1-3H3,(H,44,45). The number of aryl methyl sites for hydroxylation is 1. The number of carboxylic acid groups (broad SMARTS) is 1. The number of piperidine rings is 1. The van der Waals surface area contributed by atoms with E-state index in [1.54, 1.807) is 33.9 Å². The fourth-order valence-electron chi connectivity index (χ4n) is 5.85. The number of likely N-dealkylation sites (tertiary alicyclic amines) is 1. The van der Waals surface area contributed by atoms with Gasteiger partial charge in [0.05, 0.1) is 23.9 Å². The highest BCUT2D eigenvalue weighted by Gasteiger charge is 2.41. The van der Waals surface area contributed by atoms with Gasteiger partial charge < -0.3 is 19.6 Å². The van der Waals surface area contributed by atoms with E-state index in [4.69, 9.17) is 9.84 Å². The van der Waals surface area contributed by atoms with E-state index in [1.165, 1.54) is 12.4 Å². The molecule has 0 radical (unpaired) electrons. The first-order valence-electron chi connectivity index (χ1n) is 15.1. The summed E-state index contributed by atoms with van der Waals surface area (Å²) in [5.41, 5.74) is -1.75. The highest BCUT2D eigenvalue weighted by Crippen LogP contribution is 2.38. The van der Waals surface area contributed by atoms with Crippen LogP contribution in [0, 0.1) is 0 Å². The molecule has 10 nitrogen and oxygen atoms in total. The third kappa shape index (κ3) is 8.92. The summed E-state index contributed by atoms with van der Waals surface area (Å²) in [7, 11) is 1.73. The van der Waals surface area contributed by atoms with Crippen molar-refractivity contribution in [1.29, 1.82) is 0 Å². The van der Waals surface area contributed by atoms with Gasteiger partial charge in [-0.3, -0.25) is 9.48 Å². The predicted octanol–water partition coefficient (Wildman–Crippen LogP) is 6.94. The molecule has 1 aliphatic heterocycles. The molecule has 2 aromatic heterocycles. The van der Waals surface area contributed by atoms with Crippen molar-refractivity contribution in [3.63, 3.8) is 0 Å². The Morgan fingerprint density at radius 2 is 1.51 bits per heavy atom. The van der Waals surface area contributed by atoms with E-state index in [0.29, 0.717) is 48.9 Å². The van der Waals surface area contributed by atoms with Gasteiger partial charge in [0, 0.05) is 67.9 Å². The summed E-state index contributed by atoms with van der Waals surface area (Å²) < 4.78 is 89.4. The molecule has 1 N–H and O–H groups in total. The lowest BCUT2D eigenvalue weighted by molar-refractivity contribution is -0.143. The number of aliphatic carboxylic acids is 1. The van der Waals surface area contributed by atoms with Crippen LogP contribution in [0.5, 0.6) is 0 Å². The molecule has 0 aliphatic carbocycles. The molecule has 1 saturated heterocycles. The summed E-state index contributed by atoms with van der Waals surface area (Å²) in [6, 6.07) is 0.224. The Kier molecular flexibility index (Phi) is 11.0.